The number of anilines is 2. The van der Waals surface area contributed by atoms with E-state index < -0.39 is 10.0 Å². The SMILES string of the molecule is Cc1ccc(NS(C)(=O)=O)c(C(=O)N2CCCCC2c2cn3nc(N4CCCC4)c(C)cc3n2)c1. The minimum atomic E-state index is -3.52. The van der Waals surface area contributed by atoms with Crippen molar-refractivity contribution in [1.29, 1.82) is 0 Å². The van der Waals surface area contributed by atoms with E-state index in [9.17, 15) is 13.2 Å². The van der Waals surface area contributed by atoms with Crippen LogP contribution < -0.4 is 9.62 Å². The Labute approximate surface area is 206 Å². The number of rotatable bonds is 5. The van der Waals surface area contributed by atoms with Crippen molar-refractivity contribution < 1.29 is 13.2 Å². The Bertz CT molecular complexity index is 1380. The molecule has 1 amide bonds. The molecule has 35 heavy (non-hydrogen) atoms. The number of carbonyl (C=O) groups is 1. The summed E-state index contributed by atoms with van der Waals surface area (Å²) in [4.78, 5) is 22.8. The highest BCUT2D eigenvalue weighted by Gasteiger charge is 2.32. The smallest absolute Gasteiger partial charge is 0.256 e. The van der Waals surface area contributed by atoms with Crippen molar-refractivity contribution in [3.8, 4) is 0 Å². The van der Waals surface area contributed by atoms with Crippen molar-refractivity contribution in [3.63, 3.8) is 0 Å². The maximum atomic E-state index is 13.8. The number of piperidine rings is 1. The molecule has 2 saturated heterocycles. The maximum absolute atomic E-state index is 13.8. The number of fused-ring (bicyclic) bond motifs is 1. The summed E-state index contributed by atoms with van der Waals surface area (Å²) in [6.45, 7) is 6.59. The number of nitrogens with one attached hydrogen (secondary N) is 1. The molecule has 1 atom stereocenters. The van der Waals surface area contributed by atoms with Gasteiger partial charge in [-0.15, -0.1) is 5.10 Å². The fourth-order valence-corrected chi connectivity index (χ4v) is 5.76. The Morgan fingerprint density at radius 3 is 2.54 bits per heavy atom. The van der Waals surface area contributed by atoms with Crippen molar-refractivity contribution in [2.45, 2.75) is 52.0 Å². The quantitative estimate of drug-likeness (QED) is 0.578. The first-order chi connectivity index (χ1) is 16.7. The van der Waals surface area contributed by atoms with Gasteiger partial charge in [-0.05, 0) is 69.7 Å². The normalized spacial score (nSPS) is 18.9. The van der Waals surface area contributed by atoms with E-state index >= 15 is 0 Å². The topological polar surface area (TPSA) is 99.9 Å². The van der Waals surface area contributed by atoms with Crippen LogP contribution in [0.5, 0.6) is 0 Å². The molecule has 2 aliphatic heterocycles. The minimum absolute atomic E-state index is 0.191. The Hall–Kier alpha value is -3.14. The molecule has 0 radical (unpaired) electrons. The zero-order chi connectivity index (χ0) is 24.7. The van der Waals surface area contributed by atoms with E-state index in [0.29, 0.717) is 17.8 Å². The average Bonchev–Trinajstić information content (AvgIpc) is 3.48. The van der Waals surface area contributed by atoms with Gasteiger partial charge in [0.1, 0.15) is 0 Å². The molecule has 9 nitrogen and oxygen atoms in total. The third-order valence-corrected chi connectivity index (χ3v) is 7.44. The molecule has 1 N–H and O–H groups in total. The number of hydrogen-bond donors (Lipinski definition) is 1. The molecule has 4 heterocycles. The Morgan fingerprint density at radius 1 is 1.06 bits per heavy atom. The van der Waals surface area contributed by atoms with Crippen LogP contribution in [-0.4, -0.2) is 59.7 Å². The predicted octanol–water partition coefficient (Wildman–Crippen LogP) is 3.69. The summed E-state index contributed by atoms with van der Waals surface area (Å²) in [7, 11) is -3.52. The average molecular weight is 497 g/mol. The van der Waals surface area contributed by atoms with Crippen LogP contribution >= 0.6 is 0 Å². The number of sulfonamides is 1. The van der Waals surface area contributed by atoms with E-state index in [1.807, 2.05) is 22.5 Å². The van der Waals surface area contributed by atoms with Crippen molar-refractivity contribution >= 4 is 33.1 Å². The summed E-state index contributed by atoms with van der Waals surface area (Å²) in [6, 6.07) is 7.07. The third kappa shape index (κ3) is 4.84. The maximum Gasteiger partial charge on any atom is 0.256 e. The molecule has 5 rings (SSSR count). The molecule has 0 aliphatic carbocycles. The molecule has 1 aromatic carbocycles. The lowest BCUT2D eigenvalue weighted by molar-refractivity contribution is 0.0607. The number of aromatic nitrogens is 3. The molecule has 10 heteroatoms. The van der Waals surface area contributed by atoms with Gasteiger partial charge in [-0.1, -0.05) is 11.6 Å². The molecule has 2 fully saturated rings. The summed E-state index contributed by atoms with van der Waals surface area (Å²) in [5.74, 6) is 0.801. The molecule has 3 aromatic rings. The Balaban J connectivity index is 1.50. The van der Waals surface area contributed by atoms with Crippen LogP contribution in [0.3, 0.4) is 0 Å². The number of amides is 1. The minimum Gasteiger partial charge on any atom is -0.355 e. The Kier molecular flexibility index (Phi) is 6.16. The van der Waals surface area contributed by atoms with E-state index in [1.165, 1.54) is 12.8 Å². The fourth-order valence-electron chi connectivity index (χ4n) is 5.18. The standard InChI is InChI=1S/C25H32N6O3S/c1-17-9-10-20(28-35(3,33)34)19(14-17)25(32)30-13-5-4-8-22(30)21-16-31-23(26-21)15-18(2)24(27-31)29-11-6-7-12-29/h9-10,14-16,22,28H,4-8,11-13H2,1-3H3. The second-order valence-corrected chi connectivity index (χ2v) is 11.5. The van der Waals surface area contributed by atoms with E-state index in [2.05, 4.69) is 22.6 Å². The van der Waals surface area contributed by atoms with Gasteiger partial charge in [0, 0.05) is 19.6 Å². The lowest BCUT2D eigenvalue weighted by atomic mass is 9.98. The van der Waals surface area contributed by atoms with Crippen molar-refractivity contribution in [2.24, 2.45) is 0 Å². The predicted molar refractivity (Wildman–Crippen MR) is 136 cm³/mol. The lowest BCUT2D eigenvalue weighted by Crippen LogP contribution is -2.39. The Morgan fingerprint density at radius 2 is 1.80 bits per heavy atom. The highest BCUT2D eigenvalue weighted by atomic mass is 32.2. The molecule has 1 unspecified atom stereocenters. The van der Waals surface area contributed by atoms with E-state index in [1.54, 1.807) is 18.2 Å². The number of imidazole rings is 1. The molecular weight excluding hydrogens is 464 g/mol. The fraction of sp³-hybridized carbons (Fsp3) is 0.480. The number of aryl methyl sites for hydroxylation is 2. The van der Waals surface area contributed by atoms with Gasteiger partial charge in [-0.2, -0.15) is 0 Å². The van der Waals surface area contributed by atoms with Crippen LogP contribution in [-0.2, 0) is 10.0 Å². The first-order valence-electron chi connectivity index (χ1n) is 12.2. The summed E-state index contributed by atoms with van der Waals surface area (Å²) < 4.78 is 28.2. The van der Waals surface area contributed by atoms with Gasteiger partial charge in [-0.25, -0.2) is 17.9 Å². The second-order valence-electron chi connectivity index (χ2n) is 9.75. The largest absolute Gasteiger partial charge is 0.355 e. The third-order valence-electron chi connectivity index (χ3n) is 6.85. The van der Waals surface area contributed by atoms with Crippen LogP contribution in [0.2, 0.25) is 0 Å². The summed E-state index contributed by atoms with van der Waals surface area (Å²) in [5.41, 5.74) is 4.24. The van der Waals surface area contributed by atoms with Gasteiger partial charge in [0.05, 0.1) is 35.4 Å². The van der Waals surface area contributed by atoms with Crippen LogP contribution in [0.15, 0.2) is 30.5 Å². The first-order valence-corrected chi connectivity index (χ1v) is 14.1. The van der Waals surface area contributed by atoms with Gasteiger partial charge in [0.15, 0.2) is 11.5 Å². The molecule has 2 aliphatic rings. The van der Waals surface area contributed by atoms with Crippen LogP contribution in [0.25, 0.3) is 5.65 Å². The van der Waals surface area contributed by atoms with Crippen molar-refractivity contribution in [3.05, 3.63) is 52.8 Å². The van der Waals surface area contributed by atoms with Gasteiger partial charge >= 0.3 is 0 Å². The van der Waals surface area contributed by atoms with Crippen molar-refractivity contribution in [1.82, 2.24) is 19.5 Å². The molecule has 0 bridgehead atoms. The van der Waals surface area contributed by atoms with E-state index in [0.717, 1.165) is 66.9 Å². The van der Waals surface area contributed by atoms with E-state index in [-0.39, 0.29) is 11.9 Å². The lowest BCUT2D eigenvalue weighted by Gasteiger charge is -2.35. The molecule has 0 saturated carbocycles. The van der Waals surface area contributed by atoms with Gasteiger partial charge in [0.25, 0.3) is 5.91 Å². The molecule has 2 aromatic heterocycles. The highest BCUT2D eigenvalue weighted by Crippen LogP contribution is 2.34. The van der Waals surface area contributed by atoms with Crippen molar-refractivity contribution in [2.75, 3.05) is 35.5 Å². The number of carbonyl (C=O) groups excluding carboxylic acids is 1. The number of likely N-dealkylation sites (tertiary alicyclic amines) is 1. The molecule has 186 valence electrons. The summed E-state index contributed by atoms with van der Waals surface area (Å²) in [6.07, 6.45) is 8.09. The summed E-state index contributed by atoms with van der Waals surface area (Å²) in [5, 5.41) is 4.87. The number of benzene rings is 1. The molecule has 0 spiro atoms. The van der Waals surface area contributed by atoms with Gasteiger partial charge in [0.2, 0.25) is 10.0 Å². The molecular formula is C25H32N6O3S. The van der Waals surface area contributed by atoms with E-state index in [4.69, 9.17) is 10.1 Å². The second kappa shape index (κ2) is 9.14. The van der Waals surface area contributed by atoms with Gasteiger partial charge in [-0.3, -0.25) is 9.52 Å². The number of nitrogens with zero attached hydrogens (tertiary/aromatic N) is 5. The summed E-state index contributed by atoms with van der Waals surface area (Å²) >= 11 is 0. The van der Waals surface area contributed by atoms with Gasteiger partial charge < -0.3 is 9.80 Å². The highest BCUT2D eigenvalue weighted by molar-refractivity contribution is 7.92. The first kappa shape index (κ1) is 23.6. The zero-order valence-corrected chi connectivity index (χ0v) is 21.3. The van der Waals surface area contributed by atoms with Crippen LogP contribution in [0, 0.1) is 13.8 Å². The van der Waals surface area contributed by atoms with Crippen LogP contribution in [0.1, 0.15) is 65.3 Å². The van der Waals surface area contributed by atoms with Crippen LogP contribution in [0.4, 0.5) is 11.5 Å². The monoisotopic (exact) mass is 496 g/mol. The zero-order valence-electron chi connectivity index (χ0n) is 20.5. The number of hydrogen-bond acceptors (Lipinski definition) is 6.